The molecule has 0 aliphatic rings. The molecule has 0 fully saturated rings. The van der Waals surface area contributed by atoms with Crippen LogP contribution in [-0.2, 0) is 11.2 Å². The first kappa shape index (κ1) is 21.5. The zero-order chi connectivity index (χ0) is 22.7. The summed E-state index contributed by atoms with van der Waals surface area (Å²) in [6, 6.07) is 18.5. The largest absolute Gasteiger partial charge is 0.497 e. The molecule has 4 rings (SSSR count). The van der Waals surface area contributed by atoms with E-state index in [1.165, 1.54) is 6.07 Å². The maximum Gasteiger partial charge on any atom is 0.315 e. The number of hydrogen-bond acceptors (Lipinski definition) is 6. The zero-order valence-electron chi connectivity index (χ0n) is 17.4. The fourth-order valence-corrected chi connectivity index (χ4v) is 3.29. The van der Waals surface area contributed by atoms with Gasteiger partial charge in [-0.1, -0.05) is 29.8 Å². The topological polar surface area (TPSA) is 75.0 Å². The summed E-state index contributed by atoms with van der Waals surface area (Å²) in [5.74, 6) is 1.28. The van der Waals surface area contributed by atoms with Crippen LogP contribution in [0.5, 0.6) is 23.0 Å². The molecule has 0 N–H and O–H groups in total. The zero-order valence-corrected chi connectivity index (χ0v) is 18.1. The van der Waals surface area contributed by atoms with Gasteiger partial charge in [-0.05, 0) is 48.9 Å². The molecule has 0 bridgehead atoms. The molecular weight excluding hydrogens is 432 g/mol. The Morgan fingerprint density at radius 2 is 1.72 bits per heavy atom. The molecular formula is C25H19ClO6. The molecule has 1 aromatic heterocycles. The third kappa shape index (κ3) is 4.76. The summed E-state index contributed by atoms with van der Waals surface area (Å²) >= 11 is 5.86. The third-order valence-corrected chi connectivity index (χ3v) is 4.99. The van der Waals surface area contributed by atoms with E-state index in [-0.39, 0.29) is 23.3 Å². The molecule has 0 atom stereocenters. The molecule has 4 aromatic rings. The summed E-state index contributed by atoms with van der Waals surface area (Å²) in [5.41, 5.74) is 0.745. The van der Waals surface area contributed by atoms with Gasteiger partial charge in [-0.3, -0.25) is 9.59 Å². The molecule has 6 nitrogen and oxygen atoms in total. The van der Waals surface area contributed by atoms with Crippen LogP contribution in [0.25, 0.3) is 11.0 Å². The lowest BCUT2D eigenvalue weighted by molar-refractivity contribution is -0.133. The highest BCUT2D eigenvalue weighted by molar-refractivity contribution is 6.30. The number of rotatable bonds is 6. The molecule has 0 unspecified atom stereocenters. The van der Waals surface area contributed by atoms with E-state index < -0.39 is 5.97 Å². The number of carbonyl (C=O) groups excluding carboxylic acids is 1. The van der Waals surface area contributed by atoms with E-state index in [4.69, 9.17) is 30.2 Å². The summed E-state index contributed by atoms with van der Waals surface area (Å²) in [6.45, 7) is 1.63. The van der Waals surface area contributed by atoms with E-state index >= 15 is 0 Å². The molecule has 0 radical (unpaired) electrons. The number of aryl methyl sites for hydroxylation is 1. The second-order valence-corrected chi connectivity index (χ2v) is 7.47. The Labute approximate surface area is 188 Å². The van der Waals surface area contributed by atoms with Crippen molar-refractivity contribution in [1.82, 2.24) is 0 Å². The highest BCUT2D eigenvalue weighted by Crippen LogP contribution is 2.29. The average molecular weight is 451 g/mol. The second kappa shape index (κ2) is 9.16. The first-order valence-corrected chi connectivity index (χ1v) is 10.2. The number of benzene rings is 3. The van der Waals surface area contributed by atoms with Gasteiger partial charge >= 0.3 is 5.97 Å². The van der Waals surface area contributed by atoms with E-state index in [2.05, 4.69) is 0 Å². The summed E-state index contributed by atoms with van der Waals surface area (Å²) in [7, 11) is 1.55. The van der Waals surface area contributed by atoms with Crippen LogP contribution < -0.4 is 19.6 Å². The normalized spacial score (nSPS) is 10.7. The molecule has 1 heterocycles. The Bertz CT molecular complexity index is 1340. The lowest BCUT2D eigenvalue weighted by atomic mass is 10.1. The van der Waals surface area contributed by atoms with Gasteiger partial charge in [-0.15, -0.1) is 0 Å². The van der Waals surface area contributed by atoms with E-state index in [0.717, 1.165) is 5.56 Å². The summed E-state index contributed by atoms with van der Waals surface area (Å²) in [4.78, 5) is 25.2. The molecule has 7 heteroatoms. The van der Waals surface area contributed by atoms with Gasteiger partial charge in [0.2, 0.25) is 11.2 Å². The molecule has 0 aliphatic heterocycles. The Hall–Kier alpha value is -3.77. The van der Waals surface area contributed by atoms with E-state index in [1.807, 2.05) is 0 Å². The summed E-state index contributed by atoms with van der Waals surface area (Å²) in [5, 5.41) is 0.905. The highest BCUT2D eigenvalue weighted by Gasteiger charge is 2.16. The van der Waals surface area contributed by atoms with Crippen molar-refractivity contribution in [3.05, 3.63) is 93.3 Å². The van der Waals surface area contributed by atoms with Crippen LogP contribution in [0.2, 0.25) is 5.02 Å². The predicted molar refractivity (Wildman–Crippen MR) is 121 cm³/mol. The molecule has 162 valence electrons. The number of carbonyl (C=O) groups is 1. The first-order valence-electron chi connectivity index (χ1n) is 9.77. The Morgan fingerprint density at radius 1 is 0.969 bits per heavy atom. The van der Waals surface area contributed by atoms with Gasteiger partial charge in [0.1, 0.15) is 28.6 Å². The van der Waals surface area contributed by atoms with Crippen molar-refractivity contribution >= 4 is 28.5 Å². The van der Waals surface area contributed by atoms with Crippen molar-refractivity contribution in [2.45, 2.75) is 13.3 Å². The molecule has 0 saturated heterocycles. The fraction of sp³-hybridized carbons (Fsp3) is 0.120. The number of hydrogen-bond donors (Lipinski definition) is 0. The lowest BCUT2D eigenvalue weighted by Crippen LogP contribution is -2.12. The third-order valence-electron chi connectivity index (χ3n) is 4.74. The minimum Gasteiger partial charge on any atom is -0.497 e. The fourth-order valence-electron chi connectivity index (χ4n) is 3.17. The van der Waals surface area contributed by atoms with Crippen molar-refractivity contribution in [3.63, 3.8) is 0 Å². The van der Waals surface area contributed by atoms with Gasteiger partial charge < -0.3 is 18.6 Å². The number of methoxy groups -OCH3 is 1. The Balaban J connectivity index is 1.57. The smallest absolute Gasteiger partial charge is 0.315 e. The molecule has 0 amide bonds. The van der Waals surface area contributed by atoms with Crippen molar-refractivity contribution in [2.24, 2.45) is 0 Å². The molecule has 0 aliphatic carbocycles. The van der Waals surface area contributed by atoms with Crippen LogP contribution in [-0.4, -0.2) is 13.1 Å². The van der Waals surface area contributed by atoms with Crippen molar-refractivity contribution in [1.29, 1.82) is 0 Å². The molecule has 32 heavy (non-hydrogen) atoms. The van der Waals surface area contributed by atoms with Crippen molar-refractivity contribution < 1.29 is 23.4 Å². The molecule has 0 spiro atoms. The second-order valence-electron chi connectivity index (χ2n) is 7.03. The minimum atomic E-state index is -0.441. The van der Waals surface area contributed by atoms with Gasteiger partial charge in [-0.2, -0.15) is 0 Å². The van der Waals surface area contributed by atoms with E-state index in [0.29, 0.717) is 33.3 Å². The van der Waals surface area contributed by atoms with Crippen LogP contribution in [0, 0.1) is 6.92 Å². The standard InChI is InChI=1S/C25H19ClO6/c1-15-25(32-19-5-3-4-18(13-19)29-2)24(28)21-11-10-20(14-22(21)30-15)31-23(27)12-16-6-8-17(26)9-7-16/h3-11,13-14H,12H2,1-2H3. The van der Waals surface area contributed by atoms with Crippen molar-refractivity contribution in [3.8, 4) is 23.0 Å². The van der Waals surface area contributed by atoms with Gasteiger partial charge in [0.15, 0.2) is 0 Å². The van der Waals surface area contributed by atoms with Crippen molar-refractivity contribution in [2.75, 3.05) is 7.11 Å². The van der Waals surface area contributed by atoms with Crippen LogP contribution in [0.1, 0.15) is 11.3 Å². The summed E-state index contributed by atoms with van der Waals surface area (Å²) < 4.78 is 22.2. The number of esters is 1. The predicted octanol–water partition coefficient (Wildman–Crippen LogP) is 5.70. The average Bonchev–Trinajstić information content (AvgIpc) is 2.78. The quantitative estimate of drug-likeness (QED) is 0.277. The van der Waals surface area contributed by atoms with Gasteiger partial charge in [-0.25, -0.2) is 0 Å². The lowest BCUT2D eigenvalue weighted by Gasteiger charge is -2.10. The minimum absolute atomic E-state index is 0.0817. The maximum atomic E-state index is 13.0. The van der Waals surface area contributed by atoms with Crippen LogP contribution in [0.15, 0.2) is 75.9 Å². The van der Waals surface area contributed by atoms with Crippen LogP contribution in [0.3, 0.4) is 0 Å². The maximum absolute atomic E-state index is 13.0. The van der Waals surface area contributed by atoms with Crippen LogP contribution >= 0.6 is 11.6 Å². The van der Waals surface area contributed by atoms with E-state index in [1.54, 1.807) is 74.7 Å². The number of halogens is 1. The van der Waals surface area contributed by atoms with Gasteiger partial charge in [0.05, 0.1) is 18.9 Å². The summed E-state index contributed by atoms with van der Waals surface area (Å²) in [6.07, 6.45) is 0.0888. The molecule has 3 aromatic carbocycles. The SMILES string of the molecule is COc1cccc(Oc2c(C)oc3cc(OC(=O)Cc4ccc(Cl)cc4)ccc3c2=O)c1. The number of ether oxygens (including phenoxy) is 3. The monoisotopic (exact) mass is 450 g/mol. The number of fused-ring (bicyclic) bond motifs is 1. The molecule has 0 saturated carbocycles. The first-order chi connectivity index (χ1) is 15.4. The van der Waals surface area contributed by atoms with Gasteiger partial charge in [0.25, 0.3) is 0 Å². The Morgan fingerprint density at radius 3 is 2.47 bits per heavy atom. The van der Waals surface area contributed by atoms with E-state index in [9.17, 15) is 9.59 Å². The van der Waals surface area contributed by atoms with Gasteiger partial charge in [0, 0.05) is 17.2 Å². The van der Waals surface area contributed by atoms with Crippen LogP contribution in [0.4, 0.5) is 0 Å². The Kier molecular flexibility index (Phi) is 6.14. The highest BCUT2D eigenvalue weighted by atomic mass is 35.5.